The van der Waals surface area contributed by atoms with Gasteiger partial charge in [-0.05, 0) is 73.5 Å². The molecule has 11 heteroatoms. The molecule has 0 aliphatic carbocycles. The fourth-order valence-electron chi connectivity index (χ4n) is 3.83. The van der Waals surface area contributed by atoms with Gasteiger partial charge in [0, 0.05) is 28.7 Å². The lowest BCUT2D eigenvalue weighted by molar-refractivity contribution is -0.128. The molecule has 1 heterocycles. The van der Waals surface area contributed by atoms with Crippen LogP contribution >= 0.6 is 35.0 Å². The monoisotopic (exact) mass is 587 g/mol. The summed E-state index contributed by atoms with van der Waals surface area (Å²) in [6.45, 7) is 2.29. The van der Waals surface area contributed by atoms with E-state index in [0.29, 0.717) is 45.1 Å². The van der Waals surface area contributed by atoms with Crippen molar-refractivity contribution in [2.24, 2.45) is 4.99 Å². The topological polar surface area (TPSA) is 88.1 Å². The number of anilines is 1. The number of halogens is 3. The maximum absolute atomic E-state index is 13.4. The van der Waals surface area contributed by atoms with Crippen LogP contribution in [0, 0.1) is 5.82 Å². The van der Waals surface area contributed by atoms with Gasteiger partial charge in [-0.15, -0.1) is 0 Å². The van der Waals surface area contributed by atoms with E-state index in [-0.39, 0.29) is 30.7 Å². The molecule has 39 heavy (non-hydrogen) atoms. The summed E-state index contributed by atoms with van der Waals surface area (Å²) in [5.41, 5.74) is 2.20. The molecule has 1 atom stereocenters. The zero-order valence-electron chi connectivity index (χ0n) is 20.8. The average molecular weight is 588 g/mol. The lowest BCUT2D eigenvalue weighted by atomic mass is 10.1. The number of hydrogen-bond acceptors (Lipinski definition) is 6. The Kier molecular flexibility index (Phi) is 9.61. The molecule has 202 valence electrons. The standard InChI is InChI=1S/C28H24Cl2FN3O4S/c1-2-38-27(37)18-5-9-22(10-6-18)33-28-34(12-11-17-3-7-21(31)8-4-17)26(36)24(39-28)16-25(35)32-23-14-19(29)13-20(30)15-23/h3-10,13-15,24H,2,11-12,16H2,1H3,(H,32,35)/t24-/m1/s1. The molecule has 0 spiro atoms. The first-order chi connectivity index (χ1) is 18.7. The van der Waals surface area contributed by atoms with E-state index in [0.717, 1.165) is 5.56 Å². The Bertz CT molecular complexity index is 1380. The lowest BCUT2D eigenvalue weighted by Crippen LogP contribution is -2.35. The first-order valence-electron chi connectivity index (χ1n) is 12.1. The van der Waals surface area contributed by atoms with Crippen molar-refractivity contribution in [3.63, 3.8) is 0 Å². The van der Waals surface area contributed by atoms with E-state index in [9.17, 15) is 18.8 Å². The molecule has 4 rings (SSSR count). The summed E-state index contributed by atoms with van der Waals surface area (Å²) in [7, 11) is 0. The van der Waals surface area contributed by atoms with Crippen LogP contribution in [0.5, 0.6) is 0 Å². The van der Waals surface area contributed by atoms with Crippen molar-refractivity contribution in [3.8, 4) is 0 Å². The van der Waals surface area contributed by atoms with E-state index < -0.39 is 11.2 Å². The quantitative estimate of drug-likeness (QED) is 0.288. The SMILES string of the molecule is CCOC(=O)c1ccc(N=C2S[C@H](CC(=O)Nc3cc(Cl)cc(Cl)c3)C(=O)N2CCc2ccc(F)cc2)cc1. The van der Waals surface area contributed by atoms with Crippen molar-refractivity contribution in [3.05, 3.63) is 93.7 Å². The number of carbonyl (C=O) groups excluding carboxylic acids is 3. The number of hydrogen-bond donors (Lipinski definition) is 1. The minimum atomic E-state index is -0.703. The van der Waals surface area contributed by atoms with Gasteiger partial charge in [0.15, 0.2) is 5.17 Å². The largest absolute Gasteiger partial charge is 0.462 e. The minimum absolute atomic E-state index is 0.0957. The van der Waals surface area contributed by atoms with Crippen LogP contribution in [0.15, 0.2) is 71.7 Å². The van der Waals surface area contributed by atoms with E-state index in [4.69, 9.17) is 27.9 Å². The number of esters is 1. The van der Waals surface area contributed by atoms with Gasteiger partial charge < -0.3 is 10.1 Å². The number of amides is 2. The second kappa shape index (κ2) is 13.1. The van der Waals surface area contributed by atoms with Crippen LogP contribution in [0.3, 0.4) is 0 Å². The number of aliphatic imine (C=N–C) groups is 1. The smallest absolute Gasteiger partial charge is 0.338 e. The maximum atomic E-state index is 13.4. The molecule has 0 saturated carbocycles. The van der Waals surface area contributed by atoms with Crippen LogP contribution in [-0.2, 0) is 20.7 Å². The number of carbonyl (C=O) groups is 3. The molecule has 1 aliphatic heterocycles. The van der Waals surface area contributed by atoms with E-state index in [1.54, 1.807) is 61.5 Å². The highest BCUT2D eigenvalue weighted by molar-refractivity contribution is 8.15. The van der Waals surface area contributed by atoms with E-state index in [1.165, 1.54) is 28.8 Å². The normalized spacial score (nSPS) is 16.0. The summed E-state index contributed by atoms with van der Waals surface area (Å²) in [5, 5.41) is 3.20. The molecule has 1 saturated heterocycles. The summed E-state index contributed by atoms with van der Waals surface area (Å²) >= 11 is 13.2. The van der Waals surface area contributed by atoms with Crippen molar-refractivity contribution >= 4 is 69.3 Å². The van der Waals surface area contributed by atoms with Crippen molar-refractivity contribution in [1.29, 1.82) is 0 Å². The van der Waals surface area contributed by atoms with Gasteiger partial charge in [0.05, 0.1) is 17.9 Å². The highest BCUT2D eigenvalue weighted by atomic mass is 35.5. The predicted octanol–water partition coefficient (Wildman–Crippen LogP) is 6.51. The summed E-state index contributed by atoms with van der Waals surface area (Å²) in [6, 6.07) is 17.3. The molecule has 1 aliphatic rings. The molecule has 1 N–H and O–H groups in total. The van der Waals surface area contributed by atoms with Gasteiger partial charge in [0.25, 0.3) is 0 Å². The Morgan fingerprint density at radius 1 is 1.05 bits per heavy atom. The minimum Gasteiger partial charge on any atom is -0.462 e. The number of benzene rings is 3. The van der Waals surface area contributed by atoms with Gasteiger partial charge in [-0.1, -0.05) is 47.1 Å². The van der Waals surface area contributed by atoms with E-state index >= 15 is 0 Å². The number of amidine groups is 1. The van der Waals surface area contributed by atoms with Crippen LogP contribution in [-0.4, -0.2) is 46.3 Å². The second-order valence-electron chi connectivity index (χ2n) is 8.54. The molecule has 3 aromatic rings. The van der Waals surface area contributed by atoms with E-state index in [2.05, 4.69) is 10.3 Å². The highest BCUT2D eigenvalue weighted by Gasteiger charge is 2.39. The highest BCUT2D eigenvalue weighted by Crippen LogP contribution is 2.32. The molecule has 0 aromatic heterocycles. The van der Waals surface area contributed by atoms with Crippen LogP contribution < -0.4 is 5.32 Å². The Morgan fingerprint density at radius 3 is 2.36 bits per heavy atom. The third-order valence-corrected chi connectivity index (χ3v) is 7.29. The van der Waals surface area contributed by atoms with Gasteiger partial charge in [0.2, 0.25) is 11.8 Å². The molecular weight excluding hydrogens is 564 g/mol. The Balaban J connectivity index is 1.52. The third kappa shape index (κ3) is 7.81. The fourth-order valence-corrected chi connectivity index (χ4v) is 5.54. The average Bonchev–Trinajstić information content (AvgIpc) is 3.16. The van der Waals surface area contributed by atoms with Crippen LogP contribution in [0.2, 0.25) is 10.0 Å². The van der Waals surface area contributed by atoms with Gasteiger partial charge in [-0.3, -0.25) is 14.5 Å². The molecule has 0 radical (unpaired) electrons. The third-order valence-electron chi connectivity index (χ3n) is 5.68. The summed E-state index contributed by atoms with van der Waals surface area (Å²) in [5.74, 6) is -1.41. The first-order valence-corrected chi connectivity index (χ1v) is 13.7. The molecule has 0 bridgehead atoms. The van der Waals surface area contributed by atoms with Crippen molar-refractivity contribution in [2.45, 2.75) is 25.0 Å². The number of nitrogens with zero attached hydrogens (tertiary/aromatic N) is 2. The Hall–Kier alpha value is -3.40. The van der Waals surface area contributed by atoms with Gasteiger partial charge in [0.1, 0.15) is 11.1 Å². The fraction of sp³-hybridized carbons (Fsp3) is 0.214. The first kappa shape index (κ1) is 28.6. The molecular formula is C28H24Cl2FN3O4S. The molecule has 7 nitrogen and oxygen atoms in total. The van der Waals surface area contributed by atoms with Crippen LogP contribution in [0.4, 0.5) is 15.8 Å². The van der Waals surface area contributed by atoms with Gasteiger partial charge in [-0.25, -0.2) is 14.2 Å². The second-order valence-corrected chi connectivity index (χ2v) is 10.6. The maximum Gasteiger partial charge on any atom is 0.338 e. The summed E-state index contributed by atoms with van der Waals surface area (Å²) < 4.78 is 18.3. The lowest BCUT2D eigenvalue weighted by Gasteiger charge is -2.16. The molecule has 0 unspecified atom stereocenters. The number of rotatable bonds is 9. The molecule has 2 amide bonds. The zero-order chi connectivity index (χ0) is 27.9. The summed E-state index contributed by atoms with van der Waals surface area (Å²) in [6.07, 6.45) is 0.370. The Labute approximate surface area is 239 Å². The predicted molar refractivity (Wildman–Crippen MR) is 152 cm³/mol. The molecule has 1 fully saturated rings. The summed E-state index contributed by atoms with van der Waals surface area (Å²) in [4.78, 5) is 44.3. The van der Waals surface area contributed by atoms with Gasteiger partial charge in [-0.2, -0.15) is 0 Å². The number of thioether (sulfide) groups is 1. The van der Waals surface area contributed by atoms with Gasteiger partial charge >= 0.3 is 5.97 Å². The molecule has 3 aromatic carbocycles. The number of ether oxygens (including phenoxy) is 1. The van der Waals surface area contributed by atoms with Crippen molar-refractivity contribution in [1.82, 2.24) is 4.90 Å². The van der Waals surface area contributed by atoms with Crippen molar-refractivity contribution in [2.75, 3.05) is 18.5 Å². The zero-order valence-corrected chi connectivity index (χ0v) is 23.2. The number of nitrogens with one attached hydrogen (secondary N) is 1. The Morgan fingerprint density at radius 2 is 1.72 bits per heavy atom. The van der Waals surface area contributed by atoms with Crippen LogP contribution in [0.1, 0.15) is 29.3 Å². The van der Waals surface area contributed by atoms with Crippen molar-refractivity contribution < 1.29 is 23.5 Å². The van der Waals surface area contributed by atoms with Crippen LogP contribution in [0.25, 0.3) is 0 Å². The van der Waals surface area contributed by atoms with E-state index in [1.807, 2.05) is 0 Å².